The monoisotopic (exact) mass is 349 g/mol. The van der Waals surface area contributed by atoms with E-state index < -0.39 is 11.8 Å². The number of esters is 1. The summed E-state index contributed by atoms with van der Waals surface area (Å²) in [6, 6.07) is 9.18. The molecule has 0 aliphatic carbocycles. The molecule has 0 unspecified atom stereocenters. The summed E-state index contributed by atoms with van der Waals surface area (Å²) in [7, 11) is 0. The van der Waals surface area contributed by atoms with Crippen LogP contribution in [0.3, 0.4) is 0 Å². The average Bonchev–Trinajstić information content (AvgIpc) is 2.92. The van der Waals surface area contributed by atoms with Crippen LogP contribution in [0.25, 0.3) is 11.0 Å². The topological polar surface area (TPSA) is 67.9 Å². The summed E-state index contributed by atoms with van der Waals surface area (Å²) in [5.41, 5.74) is 2.51. The van der Waals surface area contributed by atoms with Gasteiger partial charge in [-0.3, -0.25) is 0 Å². The third-order valence-corrected chi connectivity index (χ3v) is 3.56. The molecular formula is C14H9BrFN3O2. The summed E-state index contributed by atoms with van der Waals surface area (Å²) in [4.78, 5) is 12.0. The second-order valence-electron chi connectivity index (χ2n) is 4.35. The highest BCUT2D eigenvalue weighted by Crippen LogP contribution is 2.20. The zero-order chi connectivity index (χ0) is 14.8. The lowest BCUT2D eigenvalue weighted by Crippen LogP contribution is -2.06. The predicted molar refractivity (Wildman–Crippen MR) is 77.1 cm³/mol. The van der Waals surface area contributed by atoms with Crippen molar-refractivity contribution in [2.24, 2.45) is 0 Å². The number of aromatic amines is 1. The molecule has 0 amide bonds. The van der Waals surface area contributed by atoms with Gasteiger partial charge in [-0.05, 0) is 51.8 Å². The van der Waals surface area contributed by atoms with Crippen LogP contribution in [0.2, 0.25) is 0 Å². The Labute approximate surface area is 127 Å². The summed E-state index contributed by atoms with van der Waals surface area (Å²) >= 11 is 3.14. The van der Waals surface area contributed by atoms with Gasteiger partial charge in [-0.1, -0.05) is 6.07 Å². The number of rotatable bonds is 3. The molecule has 0 aliphatic rings. The van der Waals surface area contributed by atoms with Crippen molar-refractivity contribution in [3.05, 3.63) is 57.8 Å². The van der Waals surface area contributed by atoms with Crippen LogP contribution in [0.1, 0.15) is 15.9 Å². The highest BCUT2D eigenvalue weighted by molar-refractivity contribution is 9.10. The van der Waals surface area contributed by atoms with Gasteiger partial charge in [-0.15, -0.1) is 0 Å². The first-order valence-electron chi connectivity index (χ1n) is 6.05. The molecule has 3 aromatic rings. The van der Waals surface area contributed by atoms with Gasteiger partial charge < -0.3 is 4.74 Å². The molecule has 7 heteroatoms. The number of H-pyrrole nitrogens is 1. The molecule has 0 saturated heterocycles. The van der Waals surface area contributed by atoms with Gasteiger partial charge in [-0.2, -0.15) is 15.4 Å². The second kappa shape index (κ2) is 5.61. The number of nitrogens with one attached hydrogen (secondary N) is 1. The van der Waals surface area contributed by atoms with Gasteiger partial charge in [0.05, 0.1) is 5.56 Å². The van der Waals surface area contributed by atoms with Gasteiger partial charge in [0.1, 0.15) is 23.5 Å². The summed E-state index contributed by atoms with van der Waals surface area (Å²) in [6.45, 7) is 0.103. The van der Waals surface area contributed by atoms with Crippen molar-refractivity contribution in [3.63, 3.8) is 0 Å². The summed E-state index contributed by atoms with van der Waals surface area (Å²) < 4.78 is 18.6. The normalized spacial score (nSPS) is 10.8. The number of carbonyl (C=O) groups excluding carboxylic acids is 1. The molecule has 0 aliphatic heterocycles. The lowest BCUT2D eigenvalue weighted by molar-refractivity contribution is 0.0471. The molecule has 21 heavy (non-hydrogen) atoms. The number of aromatic nitrogens is 3. The fourth-order valence-corrected chi connectivity index (χ4v) is 2.37. The van der Waals surface area contributed by atoms with Crippen molar-refractivity contribution in [2.75, 3.05) is 0 Å². The summed E-state index contributed by atoms with van der Waals surface area (Å²) in [6.07, 6.45) is 0. The van der Waals surface area contributed by atoms with Crippen LogP contribution >= 0.6 is 15.9 Å². The van der Waals surface area contributed by atoms with Crippen LogP contribution < -0.4 is 0 Å². The van der Waals surface area contributed by atoms with Gasteiger partial charge in [-0.25, -0.2) is 9.18 Å². The molecule has 2 aromatic carbocycles. The predicted octanol–water partition coefficient (Wildman–Crippen LogP) is 3.22. The number of hydrogen-bond donors (Lipinski definition) is 1. The summed E-state index contributed by atoms with van der Waals surface area (Å²) in [5, 5.41) is 10.4. The van der Waals surface area contributed by atoms with Gasteiger partial charge in [0.15, 0.2) is 0 Å². The van der Waals surface area contributed by atoms with E-state index in [0.29, 0.717) is 9.99 Å². The SMILES string of the molecule is O=C(OCc1ccc2n[nH]nc2c1)c1ccc(F)cc1Br. The van der Waals surface area contributed by atoms with Gasteiger partial charge in [0.25, 0.3) is 0 Å². The minimum absolute atomic E-state index is 0.103. The molecule has 3 rings (SSSR count). The molecule has 0 saturated carbocycles. The molecule has 0 fully saturated rings. The smallest absolute Gasteiger partial charge is 0.339 e. The number of nitrogens with zero attached hydrogens (tertiary/aromatic N) is 2. The van der Waals surface area contributed by atoms with Crippen LogP contribution in [0.4, 0.5) is 4.39 Å². The van der Waals surface area contributed by atoms with E-state index in [1.54, 1.807) is 18.2 Å². The van der Waals surface area contributed by atoms with E-state index in [4.69, 9.17) is 4.74 Å². The number of carbonyl (C=O) groups is 1. The number of hydrogen-bond acceptors (Lipinski definition) is 4. The van der Waals surface area contributed by atoms with Crippen molar-refractivity contribution >= 4 is 32.9 Å². The van der Waals surface area contributed by atoms with E-state index >= 15 is 0 Å². The van der Waals surface area contributed by atoms with E-state index in [1.807, 2.05) is 0 Å². The number of ether oxygens (including phenoxy) is 1. The Hall–Kier alpha value is -2.28. The van der Waals surface area contributed by atoms with Crippen molar-refractivity contribution in [3.8, 4) is 0 Å². The molecule has 0 atom stereocenters. The highest BCUT2D eigenvalue weighted by atomic mass is 79.9. The minimum atomic E-state index is -0.526. The standard InChI is InChI=1S/C14H9BrFN3O2/c15-11-6-9(16)2-3-10(11)14(20)21-7-8-1-4-12-13(5-8)18-19-17-12/h1-6H,7H2,(H,17,18,19). The van der Waals surface area contributed by atoms with E-state index in [1.165, 1.54) is 18.2 Å². The van der Waals surface area contributed by atoms with Crippen LogP contribution in [0, 0.1) is 5.82 Å². The first kappa shape index (κ1) is 13.7. The molecule has 0 radical (unpaired) electrons. The van der Waals surface area contributed by atoms with Gasteiger partial charge >= 0.3 is 5.97 Å². The van der Waals surface area contributed by atoms with Crippen LogP contribution in [0.15, 0.2) is 40.9 Å². The molecule has 0 bridgehead atoms. The first-order valence-corrected chi connectivity index (χ1v) is 6.84. The van der Waals surface area contributed by atoms with E-state index in [9.17, 15) is 9.18 Å². The third-order valence-electron chi connectivity index (χ3n) is 2.90. The molecular weight excluding hydrogens is 341 g/mol. The largest absolute Gasteiger partial charge is 0.457 e. The minimum Gasteiger partial charge on any atom is -0.457 e. The van der Waals surface area contributed by atoms with Gasteiger partial charge in [0.2, 0.25) is 0 Å². The maximum atomic E-state index is 13.0. The molecule has 1 aromatic heterocycles. The first-order chi connectivity index (χ1) is 10.1. The molecule has 1 heterocycles. The Bertz CT molecular complexity index is 819. The Morgan fingerprint density at radius 1 is 1.19 bits per heavy atom. The van der Waals surface area contributed by atoms with Crippen molar-refractivity contribution in [1.29, 1.82) is 0 Å². The quantitative estimate of drug-likeness (QED) is 0.737. The fourth-order valence-electron chi connectivity index (χ4n) is 1.86. The lowest BCUT2D eigenvalue weighted by atomic mass is 10.2. The van der Waals surface area contributed by atoms with Crippen LogP contribution in [-0.4, -0.2) is 21.4 Å². The Kier molecular flexibility index (Phi) is 3.66. The summed E-state index contributed by atoms with van der Waals surface area (Å²) in [5.74, 6) is -0.947. The van der Waals surface area contributed by atoms with Crippen molar-refractivity contribution in [1.82, 2.24) is 15.4 Å². The van der Waals surface area contributed by atoms with E-state index in [2.05, 4.69) is 31.3 Å². The number of benzene rings is 2. The molecule has 5 nitrogen and oxygen atoms in total. The molecule has 0 spiro atoms. The Balaban J connectivity index is 1.73. The zero-order valence-corrected chi connectivity index (χ0v) is 12.2. The van der Waals surface area contributed by atoms with E-state index in [0.717, 1.165) is 11.1 Å². The van der Waals surface area contributed by atoms with Crippen molar-refractivity contribution in [2.45, 2.75) is 6.61 Å². The number of halogens is 2. The number of fused-ring (bicyclic) bond motifs is 1. The highest BCUT2D eigenvalue weighted by Gasteiger charge is 2.12. The average molecular weight is 350 g/mol. The van der Waals surface area contributed by atoms with Crippen LogP contribution in [0.5, 0.6) is 0 Å². The molecule has 1 N–H and O–H groups in total. The second-order valence-corrected chi connectivity index (χ2v) is 5.20. The van der Waals surface area contributed by atoms with E-state index in [-0.39, 0.29) is 12.2 Å². The zero-order valence-electron chi connectivity index (χ0n) is 10.6. The Morgan fingerprint density at radius 3 is 2.81 bits per heavy atom. The third kappa shape index (κ3) is 2.92. The Morgan fingerprint density at radius 2 is 2.00 bits per heavy atom. The maximum Gasteiger partial charge on any atom is 0.339 e. The fraction of sp³-hybridized carbons (Fsp3) is 0.0714. The maximum absolute atomic E-state index is 13.0. The van der Waals surface area contributed by atoms with Gasteiger partial charge in [0, 0.05) is 4.47 Å². The van der Waals surface area contributed by atoms with Crippen molar-refractivity contribution < 1.29 is 13.9 Å². The molecule has 106 valence electrons. The lowest BCUT2D eigenvalue weighted by Gasteiger charge is -2.06. The van der Waals surface area contributed by atoms with Crippen LogP contribution in [-0.2, 0) is 11.3 Å².